The van der Waals surface area contributed by atoms with Crippen LogP contribution in [0.3, 0.4) is 0 Å². The predicted molar refractivity (Wildman–Crippen MR) is 201 cm³/mol. The number of nitrogens with zero attached hydrogens (tertiary/aromatic N) is 1. The Bertz CT molecular complexity index is 1840. The second-order valence-corrected chi connectivity index (χ2v) is 14.3. The lowest BCUT2D eigenvalue weighted by molar-refractivity contribution is -0.297. The molecule has 7 nitrogen and oxygen atoms in total. The van der Waals surface area contributed by atoms with Crippen LogP contribution in [0.25, 0.3) is 21.7 Å². The molecule has 4 aromatic rings. The van der Waals surface area contributed by atoms with E-state index in [1.54, 1.807) is 42.6 Å². The van der Waals surface area contributed by atoms with Crippen molar-refractivity contribution in [3.8, 4) is 16.9 Å². The number of anilines is 1. The number of nitrogens with two attached hydrogens (primary N) is 1. The number of halogens is 2. The molecule has 5 rings (SSSR count). The highest BCUT2D eigenvalue weighted by atomic mass is 35.5. The standard InChI is InChI=1S/C39H41Cl2N3O4S/c1-26(20-27-10-12-29(13-11-27)30-14-17-34(18-15-30)48-25-28-6-3-2-4-7-28)44(24-37(42)35-19-16-32(40)22-36(35)41)33-9-5-8-31(21-33)38(49(46)47)23-39(43)45/h5,8-19,21-24,26,28H,2-4,6-7,20,25,42H2,1H3,(H2,43,45)(H,46,47)/p+1/b37-24-,38-23-. The van der Waals surface area contributed by atoms with Crippen LogP contribution in [-0.2, 0) is 22.3 Å². The van der Waals surface area contributed by atoms with Gasteiger partial charge in [0.2, 0.25) is 0 Å². The summed E-state index contributed by atoms with van der Waals surface area (Å²) < 4.78 is 28.2. The van der Waals surface area contributed by atoms with Crippen LogP contribution in [0.4, 0.5) is 5.69 Å². The minimum absolute atomic E-state index is 0.0356. The highest BCUT2D eigenvalue weighted by Crippen LogP contribution is 2.31. The van der Waals surface area contributed by atoms with Crippen molar-refractivity contribution >= 4 is 56.5 Å². The summed E-state index contributed by atoms with van der Waals surface area (Å²) in [5, 5.41) is 0.912. The van der Waals surface area contributed by atoms with E-state index in [0.29, 0.717) is 44.9 Å². The maximum atomic E-state index is 12.1. The second kappa shape index (κ2) is 17.1. The minimum atomic E-state index is -2.40. The van der Waals surface area contributed by atoms with Crippen molar-refractivity contribution in [2.75, 3.05) is 11.5 Å². The molecule has 2 atom stereocenters. The quantitative estimate of drug-likeness (QED) is 0.0944. The zero-order valence-electron chi connectivity index (χ0n) is 27.5. The van der Waals surface area contributed by atoms with Gasteiger partial charge in [0, 0.05) is 28.5 Å². The van der Waals surface area contributed by atoms with Crippen LogP contribution >= 0.6 is 23.2 Å². The molecule has 1 saturated carbocycles. The molecule has 6 N–H and O–H groups in total. The minimum Gasteiger partial charge on any atom is -0.493 e. The van der Waals surface area contributed by atoms with Gasteiger partial charge >= 0.3 is 5.91 Å². The monoisotopic (exact) mass is 718 g/mol. The maximum absolute atomic E-state index is 12.1. The van der Waals surface area contributed by atoms with Crippen LogP contribution in [0.2, 0.25) is 10.0 Å². The van der Waals surface area contributed by atoms with Gasteiger partial charge in [0.1, 0.15) is 5.75 Å². The SMILES string of the molecule is CC(Cc1ccc(-c2ccc(OCC3CCCCC3)cc2)cc1)N(/C=C(\N)c1ccc(Cl)cc1Cl)c1cccc(/C(=C/C([NH3+])=O)S(=O)O)c1. The predicted octanol–water partition coefficient (Wildman–Crippen LogP) is 8.35. The van der Waals surface area contributed by atoms with E-state index in [-0.39, 0.29) is 10.9 Å². The van der Waals surface area contributed by atoms with Crippen molar-refractivity contribution in [3.63, 3.8) is 0 Å². The van der Waals surface area contributed by atoms with Gasteiger partial charge in [0.05, 0.1) is 28.3 Å². The average Bonchev–Trinajstić information content (AvgIpc) is 3.09. The molecular formula is C39H42Cl2N3O4S+. The van der Waals surface area contributed by atoms with E-state index in [9.17, 15) is 13.6 Å². The molecule has 0 radical (unpaired) electrons. The first kappa shape index (κ1) is 36.4. The molecule has 1 fully saturated rings. The summed E-state index contributed by atoms with van der Waals surface area (Å²) in [6.45, 7) is 2.86. The normalized spacial score (nSPS) is 15.4. The Morgan fingerprint density at radius 2 is 1.67 bits per heavy atom. The summed E-state index contributed by atoms with van der Waals surface area (Å²) in [4.78, 5) is 13.7. The van der Waals surface area contributed by atoms with Crippen molar-refractivity contribution in [3.05, 3.63) is 130 Å². The lowest BCUT2D eigenvalue weighted by Gasteiger charge is -2.29. The second-order valence-electron chi connectivity index (χ2n) is 12.5. The van der Waals surface area contributed by atoms with Crippen LogP contribution < -0.4 is 21.1 Å². The molecule has 10 heteroatoms. The topological polar surface area (TPSA) is 120 Å². The largest absolute Gasteiger partial charge is 0.493 e. The third kappa shape index (κ3) is 10.1. The highest BCUT2D eigenvalue weighted by molar-refractivity contribution is 7.89. The van der Waals surface area contributed by atoms with Gasteiger partial charge in [-0.1, -0.05) is 91.0 Å². The van der Waals surface area contributed by atoms with Gasteiger partial charge in [-0.25, -0.2) is 9.00 Å². The first-order chi connectivity index (χ1) is 23.6. The van der Waals surface area contributed by atoms with Crippen LogP contribution in [-0.4, -0.2) is 27.3 Å². The molecule has 1 aliphatic rings. The van der Waals surface area contributed by atoms with Gasteiger partial charge in [-0.3, -0.25) is 5.73 Å². The van der Waals surface area contributed by atoms with Crippen LogP contribution in [0.15, 0.2) is 103 Å². The number of carbonyl (C=O) groups is 1. The van der Waals surface area contributed by atoms with Gasteiger partial charge < -0.3 is 19.9 Å². The number of hydrogen-bond acceptors (Lipinski definition) is 5. The van der Waals surface area contributed by atoms with Crippen LogP contribution in [0.1, 0.15) is 55.7 Å². The van der Waals surface area contributed by atoms with Gasteiger partial charge in [-0.15, -0.1) is 0 Å². The number of hydrogen-bond donors (Lipinski definition) is 3. The van der Waals surface area contributed by atoms with Crippen LogP contribution in [0.5, 0.6) is 5.75 Å². The number of amides is 1. The van der Waals surface area contributed by atoms with Crippen LogP contribution in [0, 0.1) is 5.92 Å². The molecule has 1 amide bonds. The third-order valence-electron chi connectivity index (χ3n) is 8.79. The number of ether oxygens (including phenoxy) is 1. The Kier molecular flexibility index (Phi) is 12.7. The molecule has 0 spiro atoms. The number of quaternary nitrogens is 1. The van der Waals surface area contributed by atoms with E-state index < -0.39 is 17.0 Å². The van der Waals surface area contributed by atoms with E-state index in [2.05, 4.69) is 49.1 Å². The zero-order chi connectivity index (χ0) is 34.9. The molecule has 0 aromatic heterocycles. The first-order valence-corrected chi connectivity index (χ1v) is 18.3. The van der Waals surface area contributed by atoms with E-state index in [1.165, 1.54) is 32.1 Å². The molecule has 0 saturated heterocycles. The maximum Gasteiger partial charge on any atom is 0.335 e. The molecule has 49 heavy (non-hydrogen) atoms. The van der Waals surface area contributed by atoms with Crippen molar-refractivity contribution < 1.29 is 24.0 Å². The molecule has 4 aromatic carbocycles. The Balaban J connectivity index is 1.37. The number of rotatable bonds is 13. The number of benzene rings is 4. The molecule has 0 aliphatic heterocycles. The van der Waals surface area contributed by atoms with Gasteiger partial charge in [0.15, 0.2) is 11.1 Å². The number of carbonyl (C=O) groups excluding carboxylic acids is 1. The molecule has 0 bridgehead atoms. The van der Waals surface area contributed by atoms with Gasteiger partial charge in [0.25, 0.3) is 0 Å². The Labute approximate surface area is 300 Å². The zero-order valence-corrected chi connectivity index (χ0v) is 29.8. The van der Waals surface area contributed by atoms with Gasteiger partial charge in [-0.05, 0) is 96.8 Å². The smallest absolute Gasteiger partial charge is 0.335 e. The summed E-state index contributed by atoms with van der Waals surface area (Å²) in [7, 11) is 0. The van der Waals surface area contributed by atoms with E-state index in [4.69, 9.17) is 33.7 Å². The lowest BCUT2D eigenvalue weighted by Crippen LogP contribution is -2.55. The summed E-state index contributed by atoms with van der Waals surface area (Å²) in [5.74, 6) is 0.994. The highest BCUT2D eigenvalue weighted by Gasteiger charge is 2.19. The summed E-state index contributed by atoms with van der Waals surface area (Å²) in [5.41, 5.74) is 15.4. The lowest BCUT2D eigenvalue weighted by atomic mass is 9.90. The van der Waals surface area contributed by atoms with Gasteiger partial charge in [-0.2, -0.15) is 0 Å². The average molecular weight is 720 g/mol. The fourth-order valence-electron chi connectivity index (χ4n) is 6.18. The van der Waals surface area contributed by atoms with Crippen molar-refractivity contribution in [2.24, 2.45) is 11.7 Å². The fourth-order valence-corrected chi connectivity index (χ4v) is 7.26. The third-order valence-corrected chi connectivity index (χ3v) is 10.1. The summed E-state index contributed by atoms with van der Waals surface area (Å²) in [6.07, 6.45) is 10.0. The van der Waals surface area contributed by atoms with E-state index in [0.717, 1.165) is 35.1 Å². The Morgan fingerprint density at radius 1 is 1.00 bits per heavy atom. The molecule has 0 heterocycles. The Morgan fingerprint density at radius 3 is 2.31 bits per heavy atom. The van der Waals surface area contributed by atoms with E-state index >= 15 is 0 Å². The first-order valence-electron chi connectivity index (χ1n) is 16.4. The van der Waals surface area contributed by atoms with E-state index in [1.807, 2.05) is 23.1 Å². The van der Waals surface area contributed by atoms with Crippen molar-refractivity contribution in [1.82, 2.24) is 0 Å². The molecule has 256 valence electrons. The molecular weight excluding hydrogens is 677 g/mol. The summed E-state index contributed by atoms with van der Waals surface area (Å²) >= 11 is 10.2. The summed E-state index contributed by atoms with van der Waals surface area (Å²) in [6, 6.07) is 28.8. The van der Waals surface area contributed by atoms with Crippen molar-refractivity contribution in [2.45, 2.75) is 51.5 Å². The molecule has 1 aliphatic carbocycles. The Hall–Kier alpha value is -3.92. The molecule has 2 unspecified atom stereocenters. The van der Waals surface area contributed by atoms with Crippen molar-refractivity contribution in [1.29, 1.82) is 0 Å². The fraction of sp³-hybridized carbons (Fsp3) is 0.256.